The van der Waals surface area contributed by atoms with Crippen molar-refractivity contribution in [1.82, 2.24) is 0 Å². The summed E-state index contributed by atoms with van der Waals surface area (Å²) in [5, 5.41) is 12.6. The van der Waals surface area contributed by atoms with E-state index in [0.29, 0.717) is 16.9 Å². The van der Waals surface area contributed by atoms with Gasteiger partial charge in [0.2, 0.25) is 0 Å². The number of nitrogen functional groups attached to an aromatic ring is 1. The molecular weight excluding hydrogens is 240 g/mol. The Balaban J connectivity index is 2.28. The second-order valence-electron chi connectivity index (χ2n) is 4.52. The first-order chi connectivity index (χ1) is 8.99. The van der Waals surface area contributed by atoms with Crippen molar-refractivity contribution in [3.05, 3.63) is 53.1 Å². The van der Waals surface area contributed by atoms with Crippen molar-refractivity contribution in [2.45, 2.75) is 13.8 Å². The first kappa shape index (κ1) is 13.0. The number of rotatable bonds is 2. The number of anilines is 2. The molecule has 4 N–H and O–H groups in total. The Morgan fingerprint density at radius 2 is 1.95 bits per heavy atom. The molecule has 19 heavy (non-hydrogen) atoms. The molecule has 1 amide bonds. The molecule has 2 aromatic rings. The summed E-state index contributed by atoms with van der Waals surface area (Å²) in [5.41, 5.74) is 8.79. The van der Waals surface area contributed by atoms with E-state index in [4.69, 9.17) is 5.73 Å². The first-order valence-electron chi connectivity index (χ1n) is 5.95. The van der Waals surface area contributed by atoms with Crippen LogP contribution in [0, 0.1) is 13.8 Å². The Hall–Kier alpha value is -2.49. The molecule has 2 aromatic carbocycles. The number of hydrogen-bond acceptors (Lipinski definition) is 3. The predicted octanol–water partition coefficient (Wildman–Crippen LogP) is 2.84. The summed E-state index contributed by atoms with van der Waals surface area (Å²) in [6.07, 6.45) is 0. The third-order valence-corrected chi connectivity index (χ3v) is 2.94. The first-order valence-corrected chi connectivity index (χ1v) is 5.95. The van der Waals surface area contributed by atoms with E-state index >= 15 is 0 Å². The number of benzene rings is 2. The molecule has 4 heteroatoms. The van der Waals surface area contributed by atoms with Gasteiger partial charge in [-0.15, -0.1) is 0 Å². The number of carbonyl (C=O) groups excluding carboxylic acids is 1. The van der Waals surface area contributed by atoms with E-state index in [1.54, 1.807) is 37.3 Å². The minimum atomic E-state index is -0.378. The maximum atomic E-state index is 12.1. The van der Waals surface area contributed by atoms with Crippen molar-refractivity contribution in [2.75, 3.05) is 11.1 Å². The van der Waals surface area contributed by atoms with E-state index in [-0.39, 0.29) is 17.2 Å². The molecule has 0 saturated carbocycles. The highest BCUT2D eigenvalue weighted by Gasteiger charge is 2.13. The Labute approximate surface area is 111 Å². The van der Waals surface area contributed by atoms with Gasteiger partial charge in [0.1, 0.15) is 5.75 Å². The second-order valence-corrected chi connectivity index (χ2v) is 4.52. The molecular formula is C15H16N2O2. The van der Waals surface area contributed by atoms with Crippen molar-refractivity contribution in [2.24, 2.45) is 0 Å². The summed E-state index contributed by atoms with van der Waals surface area (Å²) >= 11 is 0. The highest BCUT2D eigenvalue weighted by Crippen LogP contribution is 2.24. The normalized spacial score (nSPS) is 10.2. The lowest BCUT2D eigenvalue weighted by atomic mass is 10.1. The van der Waals surface area contributed by atoms with E-state index in [9.17, 15) is 9.90 Å². The van der Waals surface area contributed by atoms with Crippen LogP contribution in [0.5, 0.6) is 5.75 Å². The van der Waals surface area contributed by atoms with Crippen LogP contribution in [0.15, 0.2) is 36.4 Å². The van der Waals surface area contributed by atoms with Gasteiger partial charge in [-0.25, -0.2) is 0 Å². The highest BCUT2D eigenvalue weighted by atomic mass is 16.3. The smallest absolute Gasteiger partial charge is 0.259 e. The molecule has 0 aliphatic rings. The third-order valence-electron chi connectivity index (χ3n) is 2.94. The van der Waals surface area contributed by atoms with Gasteiger partial charge >= 0.3 is 0 Å². The number of nitrogens with one attached hydrogen (secondary N) is 1. The Bertz CT molecular complexity index is 636. The number of aromatic hydroxyl groups is 1. The summed E-state index contributed by atoms with van der Waals surface area (Å²) in [7, 11) is 0. The summed E-state index contributed by atoms with van der Waals surface area (Å²) in [5.74, 6) is -0.387. The van der Waals surface area contributed by atoms with Crippen LogP contribution in [0.2, 0.25) is 0 Å². The number of para-hydroxylation sites is 1. The minimum Gasteiger partial charge on any atom is -0.507 e. The van der Waals surface area contributed by atoms with Crippen LogP contribution in [-0.4, -0.2) is 11.0 Å². The van der Waals surface area contributed by atoms with Crippen LogP contribution in [0.4, 0.5) is 11.4 Å². The van der Waals surface area contributed by atoms with Crippen molar-refractivity contribution >= 4 is 17.3 Å². The van der Waals surface area contributed by atoms with Crippen LogP contribution in [0.3, 0.4) is 0 Å². The van der Waals surface area contributed by atoms with Gasteiger partial charge in [0.15, 0.2) is 0 Å². The van der Waals surface area contributed by atoms with Crippen LogP contribution in [-0.2, 0) is 0 Å². The summed E-state index contributed by atoms with van der Waals surface area (Å²) in [4.78, 5) is 12.1. The fourth-order valence-corrected chi connectivity index (χ4v) is 1.83. The van der Waals surface area contributed by atoms with E-state index in [2.05, 4.69) is 5.32 Å². The van der Waals surface area contributed by atoms with Gasteiger partial charge in [0.05, 0.1) is 16.9 Å². The minimum absolute atomic E-state index is 0.00863. The molecule has 98 valence electrons. The van der Waals surface area contributed by atoms with Gasteiger partial charge in [0, 0.05) is 0 Å². The molecule has 0 spiro atoms. The Kier molecular flexibility index (Phi) is 3.42. The number of phenols is 1. The molecule has 0 heterocycles. The largest absolute Gasteiger partial charge is 0.507 e. The van der Waals surface area contributed by atoms with Gasteiger partial charge in [-0.2, -0.15) is 0 Å². The van der Waals surface area contributed by atoms with Gasteiger partial charge in [0.25, 0.3) is 5.91 Å². The molecule has 4 nitrogen and oxygen atoms in total. The molecule has 0 radical (unpaired) electrons. The SMILES string of the molecule is Cc1ccc(NC(=O)c2cccc(C)c2O)c(N)c1. The monoisotopic (exact) mass is 256 g/mol. The van der Waals surface area contributed by atoms with Crippen LogP contribution in [0.25, 0.3) is 0 Å². The maximum absolute atomic E-state index is 12.1. The molecule has 0 saturated heterocycles. The quantitative estimate of drug-likeness (QED) is 0.723. The highest BCUT2D eigenvalue weighted by molar-refractivity contribution is 6.07. The van der Waals surface area contributed by atoms with E-state index < -0.39 is 0 Å². The van der Waals surface area contributed by atoms with Crippen LogP contribution >= 0.6 is 0 Å². The summed E-state index contributed by atoms with van der Waals surface area (Å²) < 4.78 is 0. The third kappa shape index (κ3) is 2.68. The van der Waals surface area contributed by atoms with Crippen LogP contribution in [0.1, 0.15) is 21.5 Å². The molecule has 0 bridgehead atoms. The van der Waals surface area contributed by atoms with E-state index in [1.165, 1.54) is 0 Å². The second kappa shape index (κ2) is 5.02. The molecule has 0 aromatic heterocycles. The lowest BCUT2D eigenvalue weighted by Crippen LogP contribution is -2.13. The Morgan fingerprint density at radius 1 is 1.21 bits per heavy atom. The number of amides is 1. The zero-order valence-corrected chi connectivity index (χ0v) is 10.9. The predicted molar refractivity (Wildman–Crippen MR) is 76.4 cm³/mol. The number of hydrogen-bond donors (Lipinski definition) is 3. The van der Waals surface area contributed by atoms with Gasteiger partial charge in [-0.1, -0.05) is 18.2 Å². The fraction of sp³-hybridized carbons (Fsp3) is 0.133. The summed E-state index contributed by atoms with van der Waals surface area (Å²) in [6.45, 7) is 3.67. The van der Waals surface area contributed by atoms with Crippen molar-refractivity contribution in [1.29, 1.82) is 0 Å². The average Bonchev–Trinajstić information content (AvgIpc) is 2.36. The van der Waals surface area contributed by atoms with Gasteiger partial charge in [-0.3, -0.25) is 4.79 Å². The molecule has 0 aliphatic carbocycles. The zero-order valence-electron chi connectivity index (χ0n) is 10.9. The molecule has 0 atom stereocenters. The Morgan fingerprint density at radius 3 is 2.63 bits per heavy atom. The number of carbonyl (C=O) groups is 1. The average molecular weight is 256 g/mol. The van der Waals surface area contributed by atoms with Crippen LogP contribution < -0.4 is 11.1 Å². The van der Waals surface area contributed by atoms with E-state index in [0.717, 1.165) is 5.56 Å². The molecule has 0 fully saturated rings. The van der Waals surface area contributed by atoms with E-state index in [1.807, 2.05) is 13.0 Å². The lowest BCUT2D eigenvalue weighted by molar-refractivity contribution is 0.102. The molecule has 0 aliphatic heterocycles. The molecule has 2 rings (SSSR count). The van der Waals surface area contributed by atoms with Crippen molar-refractivity contribution in [3.8, 4) is 5.75 Å². The number of aryl methyl sites for hydroxylation is 2. The molecule has 0 unspecified atom stereocenters. The zero-order chi connectivity index (χ0) is 14.0. The lowest BCUT2D eigenvalue weighted by Gasteiger charge is -2.10. The van der Waals surface area contributed by atoms with Gasteiger partial charge in [-0.05, 0) is 43.2 Å². The maximum Gasteiger partial charge on any atom is 0.259 e. The van der Waals surface area contributed by atoms with Crippen molar-refractivity contribution < 1.29 is 9.90 Å². The number of phenolic OH excluding ortho intramolecular Hbond substituents is 1. The standard InChI is InChI=1S/C15H16N2O2/c1-9-6-7-13(12(16)8-9)17-15(19)11-5-3-4-10(2)14(11)18/h3-8,18H,16H2,1-2H3,(H,17,19). The van der Waals surface area contributed by atoms with Crippen molar-refractivity contribution in [3.63, 3.8) is 0 Å². The summed E-state index contributed by atoms with van der Waals surface area (Å²) in [6, 6.07) is 10.4. The topological polar surface area (TPSA) is 75.3 Å². The fourth-order valence-electron chi connectivity index (χ4n) is 1.83. The van der Waals surface area contributed by atoms with Gasteiger partial charge < -0.3 is 16.2 Å². The number of nitrogens with two attached hydrogens (primary N) is 1.